The smallest absolute Gasteiger partial charge is 0.300 e. The Kier molecular flexibility index (Phi) is 7.97. The molecule has 4 rings (SSSR count). The molecule has 1 aliphatic rings. The molecule has 1 heterocycles. The van der Waals surface area contributed by atoms with Gasteiger partial charge in [-0.05, 0) is 74.0 Å². The lowest BCUT2D eigenvalue weighted by Gasteiger charge is -2.27. The highest BCUT2D eigenvalue weighted by atomic mass is 35.5. The van der Waals surface area contributed by atoms with Crippen molar-refractivity contribution in [1.29, 1.82) is 0 Å². The third-order valence-electron chi connectivity index (χ3n) is 6.85. The normalized spacial score (nSPS) is 16.6. The molecule has 3 aromatic carbocycles. The van der Waals surface area contributed by atoms with Gasteiger partial charge in [0.25, 0.3) is 11.7 Å². The number of benzene rings is 3. The van der Waals surface area contributed by atoms with E-state index in [-0.39, 0.29) is 16.4 Å². The van der Waals surface area contributed by atoms with Crippen molar-refractivity contribution < 1.29 is 19.4 Å². The number of methoxy groups -OCH3 is 1. The monoisotopic (exact) mass is 533 g/mol. The Morgan fingerprint density at radius 1 is 0.947 bits per heavy atom. The van der Waals surface area contributed by atoms with Crippen LogP contribution in [-0.2, 0) is 9.59 Å². The molecule has 8 heteroatoms. The summed E-state index contributed by atoms with van der Waals surface area (Å²) >= 11 is 6.31. The summed E-state index contributed by atoms with van der Waals surface area (Å²) in [7, 11) is 5.35. The van der Waals surface area contributed by atoms with Gasteiger partial charge in [0.15, 0.2) is 0 Å². The molecule has 0 bridgehead atoms. The zero-order valence-electron chi connectivity index (χ0n) is 22.2. The van der Waals surface area contributed by atoms with E-state index in [1.54, 1.807) is 12.1 Å². The van der Waals surface area contributed by atoms with Gasteiger partial charge in [-0.1, -0.05) is 23.7 Å². The Morgan fingerprint density at radius 2 is 1.55 bits per heavy atom. The molecule has 1 fully saturated rings. The maximum atomic E-state index is 13.5. The third-order valence-corrected chi connectivity index (χ3v) is 7.15. The Bertz CT molecular complexity index is 1360. The summed E-state index contributed by atoms with van der Waals surface area (Å²) in [5.41, 5.74) is 3.58. The van der Waals surface area contributed by atoms with Gasteiger partial charge < -0.3 is 19.6 Å². The van der Waals surface area contributed by atoms with Gasteiger partial charge in [0, 0.05) is 49.8 Å². The predicted octanol–water partition coefficient (Wildman–Crippen LogP) is 5.89. The SMILES string of the molecule is CCN(CC)c1ccc(C2/C(=C(/O)c3ccc(OC)c(Cl)c3)C(=O)C(=O)N2c2ccc(N(C)C)cc2)cc1. The minimum absolute atomic E-state index is 0.00325. The van der Waals surface area contributed by atoms with E-state index in [1.165, 1.54) is 18.1 Å². The first-order chi connectivity index (χ1) is 18.2. The van der Waals surface area contributed by atoms with E-state index >= 15 is 0 Å². The van der Waals surface area contributed by atoms with Gasteiger partial charge in [0.1, 0.15) is 11.5 Å². The van der Waals surface area contributed by atoms with Crippen LogP contribution in [0.4, 0.5) is 17.1 Å². The quantitative estimate of drug-likeness (QED) is 0.221. The number of ketones is 1. The van der Waals surface area contributed by atoms with E-state index in [1.807, 2.05) is 67.5 Å². The van der Waals surface area contributed by atoms with Crippen molar-refractivity contribution in [3.63, 3.8) is 0 Å². The number of carbonyl (C=O) groups is 2. The highest BCUT2D eigenvalue weighted by Gasteiger charge is 2.47. The predicted molar refractivity (Wildman–Crippen MR) is 154 cm³/mol. The molecule has 1 amide bonds. The van der Waals surface area contributed by atoms with Crippen molar-refractivity contribution in [2.24, 2.45) is 0 Å². The van der Waals surface area contributed by atoms with Gasteiger partial charge in [0.2, 0.25) is 0 Å². The molecule has 1 atom stereocenters. The van der Waals surface area contributed by atoms with E-state index in [2.05, 4.69) is 18.7 Å². The van der Waals surface area contributed by atoms with Crippen LogP contribution in [0.25, 0.3) is 5.76 Å². The standard InChI is InChI=1S/C30H32ClN3O4/c1-6-33(7-2)22-11-8-19(9-12-22)27-26(28(35)20-10-17-25(38-5)24(31)18-20)29(36)30(37)34(27)23-15-13-21(14-16-23)32(3)4/h8-18,27,35H,6-7H2,1-5H3/b28-26-. The van der Waals surface area contributed by atoms with E-state index in [0.29, 0.717) is 22.6 Å². The first kappa shape index (κ1) is 27.1. The number of anilines is 3. The zero-order valence-corrected chi connectivity index (χ0v) is 23.0. The molecule has 0 aliphatic carbocycles. The molecule has 1 unspecified atom stereocenters. The van der Waals surface area contributed by atoms with Crippen molar-refractivity contribution in [3.8, 4) is 5.75 Å². The number of rotatable bonds is 8. The maximum Gasteiger partial charge on any atom is 0.300 e. The first-order valence-electron chi connectivity index (χ1n) is 12.5. The molecule has 0 aromatic heterocycles. The zero-order chi connectivity index (χ0) is 27.6. The maximum absolute atomic E-state index is 13.5. The molecule has 0 radical (unpaired) electrons. The van der Waals surface area contributed by atoms with Crippen LogP contribution in [0.3, 0.4) is 0 Å². The number of carbonyl (C=O) groups excluding carboxylic acids is 2. The second-order valence-electron chi connectivity index (χ2n) is 9.19. The van der Waals surface area contributed by atoms with Crippen molar-refractivity contribution in [1.82, 2.24) is 0 Å². The molecule has 198 valence electrons. The molecule has 0 spiro atoms. The van der Waals surface area contributed by atoms with E-state index < -0.39 is 17.7 Å². The van der Waals surface area contributed by atoms with Crippen LogP contribution in [0.2, 0.25) is 5.02 Å². The fraction of sp³-hybridized carbons (Fsp3) is 0.267. The summed E-state index contributed by atoms with van der Waals surface area (Å²) < 4.78 is 5.22. The number of amides is 1. The van der Waals surface area contributed by atoms with Crippen molar-refractivity contribution in [3.05, 3.63) is 88.5 Å². The minimum atomic E-state index is -0.827. The molecule has 3 aromatic rings. The molecule has 1 saturated heterocycles. The van der Waals surface area contributed by atoms with Crippen molar-refractivity contribution >= 4 is 46.1 Å². The Balaban J connectivity index is 1.89. The molecule has 1 N–H and O–H groups in total. The summed E-state index contributed by atoms with van der Waals surface area (Å²) in [5.74, 6) is -1.32. The largest absolute Gasteiger partial charge is 0.507 e. The summed E-state index contributed by atoms with van der Waals surface area (Å²) in [6, 6.07) is 19.1. The van der Waals surface area contributed by atoms with Gasteiger partial charge in [-0.2, -0.15) is 0 Å². The number of halogens is 1. The van der Waals surface area contributed by atoms with Gasteiger partial charge in [-0.15, -0.1) is 0 Å². The number of aliphatic hydroxyl groups excluding tert-OH is 1. The summed E-state index contributed by atoms with van der Waals surface area (Å²) in [4.78, 5) is 32.5. The first-order valence-corrected chi connectivity index (χ1v) is 12.9. The number of hydrogen-bond acceptors (Lipinski definition) is 6. The average molecular weight is 534 g/mol. The fourth-order valence-electron chi connectivity index (χ4n) is 4.75. The number of ether oxygens (including phenoxy) is 1. The number of aliphatic hydroxyl groups is 1. The molecule has 0 saturated carbocycles. The summed E-state index contributed by atoms with van der Waals surface area (Å²) in [6.45, 7) is 5.88. The number of nitrogens with zero attached hydrogens (tertiary/aromatic N) is 3. The Morgan fingerprint density at radius 3 is 2.08 bits per heavy atom. The molecular formula is C30H32ClN3O4. The van der Waals surface area contributed by atoms with Crippen LogP contribution in [0, 0.1) is 0 Å². The van der Waals surface area contributed by atoms with Crippen LogP contribution in [-0.4, -0.2) is 51.1 Å². The minimum Gasteiger partial charge on any atom is -0.507 e. The Hall–Kier alpha value is -3.97. The van der Waals surface area contributed by atoms with Gasteiger partial charge in [0.05, 0.1) is 23.7 Å². The van der Waals surface area contributed by atoms with Crippen LogP contribution >= 0.6 is 11.6 Å². The lowest BCUT2D eigenvalue weighted by molar-refractivity contribution is -0.132. The van der Waals surface area contributed by atoms with Crippen LogP contribution in [0.15, 0.2) is 72.3 Å². The Labute approximate surface area is 228 Å². The van der Waals surface area contributed by atoms with Crippen LogP contribution in [0.5, 0.6) is 5.75 Å². The second kappa shape index (κ2) is 11.2. The topological polar surface area (TPSA) is 73.3 Å². The molecule has 7 nitrogen and oxygen atoms in total. The van der Waals surface area contributed by atoms with E-state index in [4.69, 9.17) is 16.3 Å². The second-order valence-corrected chi connectivity index (χ2v) is 9.60. The average Bonchev–Trinajstić information content (AvgIpc) is 3.19. The van der Waals surface area contributed by atoms with Gasteiger partial charge in [-0.3, -0.25) is 14.5 Å². The molecular weight excluding hydrogens is 502 g/mol. The lowest BCUT2D eigenvalue weighted by atomic mass is 9.94. The lowest BCUT2D eigenvalue weighted by Crippen LogP contribution is -2.29. The number of hydrogen-bond donors (Lipinski definition) is 1. The van der Waals surface area contributed by atoms with Crippen LogP contribution < -0.4 is 19.4 Å². The van der Waals surface area contributed by atoms with E-state index in [0.717, 1.165) is 24.5 Å². The molecule has 1 aliphatic heterocycles. The van der Waals surface area contributed by atoms with Crippen LogP contribution in [0.1, 0.15) is 31.0 Å². The van der Waals surface area contributed by atoms with Gasteiger partial charge in [-0.25, -0.2) is 0 Å². The summed E-state index contributed by atoms with van der Waals surface area (Å²) in [6.07, 6.45) is 0. The highest BCUT2D eigenvalue weighted by Crippen LogP contribution is 2.43. The third kappa shape index (κ3) is 4.94. The van der Waals surface area contributed by atoms with Crippen molar-refractivity contribution in [2.45, 2.75) is 19.9 Å². The molecule has 38 heavy (non-hydrogen) atoms. The van der Waals surface area contributed by atoms with Crippen molar-refractivity contribution in [2.75, 3.05) is 49.0 Å². The van der Waals surface area contributed by atoms with E-state index in [9.17, 15) is 14.7 Å². The number of Topliss-reactive ketones (excluding diaryl/α,β-unsaturated/α-hetero) is 1. The van der Waals surface area contributed by atoms with Gasteiger partial charge >= 0.3 is 0 Å². The highest BCUT2D eigenvalue weighted by molar-refractivity contribution is 6.51. The summed E-state index contributed by atoms with van der Waals surface area (Å²) in [5, 5.41) is 11.7. The fourth-order valence-corrected chi connectivity index (χ4v) is 5.01.